The van der Waals surface area contributed by atoms with Crippen molar-refractivity contribution in [2.45, 2.75) is 4.90 Å². The number of H-pyrrole nitrogens is 1. The predicted octanol–water partition coefficient (Wildman–Crippen LogP) is 4.61. The third-order valence-electron chi connectivity index (χ3n) is 3.88. The molecule has 0 aliphatic heterocycles. The molecule has 1 atom stereocenters. The maximum Gasteiger partial charge on any atom is 0.159 e. The van der Waals surface area contributed by atoms with Crippen molar-refractivity contribution in [3.63, 3.8) is 0 Å². The minimum atomic E-state index is -1.65. The molecule has 0 bridgehead atoms. The van der Waals surface area contributed by atoms with E-state index >= 15 is 4.39 Å². The van der Waals surface area contributed by atoms with Gasteiger partial charge in [0.25, 0.3) is 0 Å². The second-order valence-corrected chi connectivity index (χ2v) is 7.50. The molecule has 3 aromatic heterocycles. The summed E-state index contributed by atoms with van der Waals surface area (Å²) < 4.78 is 44.5. The van der Waals surface area contributed by atoms with E-state index in [0.29, 0.717) is 16.0 Å². The molecule has 3 heterocycles. The van der Waals surface area contributed by atoms with E-state index in [1.165, 1.54) is 23.6 Å². The Hall–Kier alpha value is -2.91. The van der Waals surface area contributed by atoms with Crippen molar-refractivity contribution < 1.29 is 13.0 Å². The molecule has 0 amide bonds. The van der Waals surface area contributed by atoms with Crippen molar-refractivity contribution in [1.29, 1.82) is 0 Å². The molecule has 2 N–H and O–H groups in total. The molecule has 0 radical (unpaired) electrons. The van der Waals surface area contributed by atoms with Gasteiger partial charge in [-0.25, -0.2) is 13.0 Å². The molecule has 0 spiro atoms. The molecule has 9 heteroatoms. The van der Waals surface area contributed by atoms with E-state index in [1.807, 2.05) is 0 Å². The fourth-order valence-corrected chi connectivity index (χ4v) is 4.39. The molecule has 0 aliphatic rings. The molecule has 0 saturated heterocycles. The van der Waals surface area contributed by atoms with Gasteiger partial charge in [-0.2, -0.15) is 16.4 Å². The molecule has 1 aromatic carbocycles. The highest BCUT2D eigenvalue weighted by Gasteiger charge is 2.21. The number of anilines is 1. The zero-order valence-corrected chi connectivity index (χ0v) is 15.3. The third kappa shape index (κ3) is 3.38. The van der Waals surface area contributed by atoms with Crippen molar-refractivity contribution >= 4 is 28.0 Å². The molecule has 5 nitrogen and oxygen atoms in total. The van der Waals surface area contributed by atoms with Gasteiger partial charge in [0.15, 0.2) is 16.8 Å². The number of hydrogen-bond acceptors (Lipinski definition) is 4. The largest absolute Gasteiger partial charge is 0.298 e. The van der Waals surface area contributed by atoms with Crippen LogP contribution in [0.2, 0.25) is 0 Å². The van der Waals surface area contributed by atoms with Crippen molar-refractivity contribution in [3.05, 3.63) is 71.3 Å². The number of benzene rings is 1. The maximum absolute atomic E-state index is 15.1. The molecule has 0 fully saturated rings. The first kappa shape index (κ1) is 17.5. The second-order valence-electron chi connectivity index (χ2n) is 5.51. The van der Waals surface area contributed by atoms with Gasteiger partial charge in [0.2, 0.25) is 0 Å². The molecular formula is C18H12F2N4OS2. The van der Waals surface area contributed by atoms with Crippen LogP contribution in [0.25, 0.3) is 22.4 Å². The summed E-state index contributed by atoms with van der Waals surface area (Å²) >= 11 is 1.38. The number of aromatic amines is 1. The van der Waals surface area contributed by atoms with Crippen LogP contribution in [0, 0.1) is 11.6 Å². The molecule has 4 aromatic rings. The highest BCUT2D eigenvalue weighted by molar-refractivity contribution is 7.86. The highest BCUT2D eigenvalue weighted by Crippen LogP contribution is 2.36. The van der Waals surface area contributed by atoms with Crippen LogP contribution in [0.3, 0.4) is 0 Å². The fraction of sp³-hybridized carbons (Fsp3) is 0. The van der Waals surface area contributed by atoms with Crippen LogP contribution in [-0.4, -0.2) is 19.4 Å². The standard InChI is InChI=1S/C18H12F2N4OS2/c19-14-1-2-15(24-27(25)12-5-8-26-10-12)17(20)16(14)18-13(9-22-23-18)11-3-6-21-7-4-11/h1-10,24H,(H,22,23). The summed E-state index contributed by atoms with van der Waals surface area (Å²) in [4.78, 5) is 4.46. The van der Waals surface area contributed by atoms with Gasteiger partial charge in [-0.1, -0.05) is 0 Å². The molecular weight excluding hydrogens is 390 g/mol. The van der Waals surface area contributed by atoms with E-state index in [0.717, 1.165) is 6.07 Å². The van der Waals surface area contributed by atoms with E-state index in [4.69, 9.17) is 0 Å². The lowest BCUT2D eigenvalue weighted by molar-refractivity contribution is 0.591. The fourth-order valence-electron chi connectivity index (χ4n) is 2.60. The van der Waals surface area contributed by atoms with Gasteiger partial charge in [0.05, 0.1) is 28.0 Å². The predicted molar refractivity (Wildman–Crippen MR) is 102 cm³/mol. The molecule has 1 unspecified atom stereocenters. The van der Waals surface area contributed by atoms with E-state index in [9.17, 15) is 8.60 Å². The van der Waals surface area contributed by atoms with Crippen molar-refractivity contribution in [1.82, 2.24) is 15.2 Å². The van der Waals surface area contributed by atoms with Gasteiger partial charge < -0.3 is 0 Å². The van der Waals surface area contributed by atoms with E-state index in [-0.39, 0.29) is 16.9 Å². The van der Waals surface area contributed by atoms with Gasteiger partial charge in [-0.3, -0.25) is 14.8 Å². The van der Waals surface area contributed by atoms with E-state index in [1.54, 1.807) is 41.4 Å². The average Bonchev–Trinajstić information content (AvgIpc) is 3.37. The number of hydrogen-bond donors (Lipinski definition) is 2. The monoisotopic (exact) mass is 402 g/mol. The second kappa shape index (κ2) is 7.37. The number of nitrogens with one attached hydrogen (secondary N) is 2. The summed E-state index contributed by atoms with van der Waals surface area (Å²) in [6, 6.07) is 7.46. The lowest BCUT2D eigenvalue weighted by Crippen LogP contribution is -2.07. The zero-order chi connectivity index (χ0) is 18.8. The van der Waals surface area contributed by atoms with Crippen molar-refractivity contribution in [3.8, 4) is 22.4 Å². The number of thiophene rings is 1. The molecule has 27 heavy (non-hydrogen) atoms. The zero-order valence-electron chi connectivity index (χ0n) is 13.6. The smallest absolute Gasteiger partial charge is 0.159 e. The SMILES string of the molecule is O=S(Nc1ccc(F)c(-c2[nH]ncc2-c2ccncc2)c1F)c1ccsc1. The number of pyridine rings is 1. The lowest BCUT2D eigenvalue weighted by atomic mass is 10.0. The third-order valence-corrected chi connectivity index (χ3v) is 5.80. The topological polar surface area (TPSA) is 70.7 Å². The quantitative estimate of drug-likeness (QED) is 0.512. The first-order valence-electron chi connectivity index (χ1n) is 7.78. The summed E-state index contributed by atoms with van der Waals surface area (Å²) in [7, 11) is -1.65. The maximum atomic E-state index is 15.1. The van der Waals surface area contributed by atoms with Crippen molar-refractivity contribution in [2.24, 2.45) is 0 Å². The Morgan fingerprint density at radius 1 is 1.11 bits per heavy atom. The summed E-state index contributed by atoms with van der Waals surface area (Å²) in [5.74, 6) is -1.60. The molecule has 0 aliphatic carbocycles. The average molecular weight is 402 g/mol. The van der Waals surface area contributed by atoms with Crippen molar-refractivity contribution in [2.75, 3.05) is 4.72 Å². The van der Waals surface area contributed by atoms with Crippen LogP contribution in [0.5, 0.6) is 0 Å². The Labute approximate surface area is 159 Å². The van der Waals surface area contributed by atoms with Crippen LogP contribution < -0.4 is 4.72 Å². The van der Waals surface area contributed by atoms with Gasteiger partial charge in [0, 0.05) is 23.3 Å². The number of nitrogens with zero attached hydrogens (tertiary/aromatic N) is 2. The number of halogens is 2. The van der Waals surface area contributed by atoms with Crippen LogP contribution >= 0.6 is 11.3 Å². The van der Waals surface area contributed by atoms with Crippen LogP contribution in [0.1, 0.15) is 0 Å². The Kier molecular flexibility index (Phi) is 4.78. The van der Waals surface area contributed by atoms with Crippen LogP contribution in [-0.2, 0) is 11.0 Å². The number of rotatable bonds is 5. The van der Waals surface area contributed by atoms with E-state index in [2.05, 4.69) is 19.9 Å². The van der Waals surface area contributed by atoms with E-state index < -0.39 is 22.6 Å². The minimum Gasteiger partial charge on any atom is -0.298 e. The minimum absolute atomic E-state index is 0.0637. The first-order valence-corrected chi connectivity index (χ1v) is 9.87. The number of aromatic nitrogens is 3. The normalized spacial score (nSPS) is 12.1. The Morgan fingerprint density at radius 2 is 1.93 bits per heavy atom. The Morgan fingerprint density at radius 3 is 2.67 bits per heavy atom. The Balaban J connectivity index is 1.77. The summed E-state index contributed by atoms with van der Waals surface area (Å²) in [6.07, 6.45) is 4.66. The molecule has 136 valence electrons. The Bertz CT molecular complexity index is 1100. The molecule has 4 rings (SSSR count). The summed E-state index contributed by atoms with van der Waals surface area (Å²) in [5.41, 5.74) is 1.11. The molecule has 0 saturated carbocycles. The van der Waals surface area contributed by atoms with Gasteiger partial charge in [-0.05, 0) is 41.3 Å². The van der Waals surface area contributed by atoms with Crippen LogP contribution in [0.15, 0.2) is 64.6 Å². The van der Waals surface area contributed by atoms with Gasteiger partial charge >= 0.3 is 0 Å². The lowest BCUT2D eigenvalue weighted by Gasteiger charge is -2.11. The van der Waals surface area contributed by atoms with Crippen LogP contribution in [0.4, 0.5) is 14.5 Å². The van der Waals surface area contributed by atoms with Gasteiger partial charge in [0.1, 0.15) is 5.82 Å². The summed E-state index contributed by atoms with van der Waals surface area (Å²) in [5, 5.41) is 10.1. The highest BCUT2D eigenvalue weighted by atomic mass is 32.2. The first-order chi connectivity index (χ1) is 13.1. The summed E-state index contributed by atoms with van der Waals surface area (Å²) in [6.45, 7) is 0. The van der Waals surface area contributed by atoms with Gasteiger partial charge in [-0.15, -0.1) is 0 Å².